The molecule has 0 spiro atoms. The van der Waals surface area contributed by atoms with Gasteiger partial charge in [0.05, 0.1) is 22.5 Å². The first kappa shape index (κ1) is 26.5. The average Bonchev–Trinajstić information content (AvgIpc) is 2.98. The molecular weight excluding hydrogens is 484 g/mol. The molecular formula is C32H36N6O. The Morgan fingerprint density at radius 3 is 2.41 bits per heavy atom. The number of piperazine rings is 2. The molecule has 1 unspecified atom stereocenters. The van der Waals surface area contributed by atoms with E-state index in [4.69, 9.17) is 0 Å². The minimum absolute atomic E-state index is 0.0376. The lowest BCUT2D eigenvalue weighted by molar-refractivity contribution is 0.0673. The van der Waals surface area contributed by atoms with E-state index in [1.54, 1.807) is 0 Å². The molecule has 0 bridgehead atoms. The topological polar surface area (TPSA) is 77.6 Å². The van der Waals surface area contributed by atoms with Crippen LogP contribution in [0, 0.1) is 29.6 Å². The summed E-state index contributed by atoms with van der Waals surface area (Å²) in [6, 6.07) is 18.7. The molecule has 1 atom stereocenters. The van der Waals surface area contributed by atoms with E-state index in [0.29, 0.717) is 25.2 Å². The fourth-order valence-corrected chi connectivity index (χ4v) is 5.94. The summed E-state index contributed by atoms with van der Waals surface area (Å²) in [6.45, 7) is 10.6. The Kier molecular flexibility index (Phi) is 8.00. The molecule has 3 aliphatic rings. The lowest BCUT2D eigenvalue weighted by Gasteiger charge is -2.41. The monoisotopic (exact) mass is 520 g/mol. The van der Waals surface area contributed by atoms with E-state index in [1.807, 2.05) is 36.1 Å². The number of aryl methyl sites for hydroxylation is 1. The molecule has 0 N–H and O–H groups in total. The van der Waals surface area contributed by atoms with Gasteiger partial charge < -0.3 is 14.7 Å². The second-order valence-corrected chi connectivity index (χ2v) is 10.7. The Hall–Kier alpha value is -4.07. The number of para-hydroxylation sites is 1. The first-order chi connectivity index (χ1) is 19.0. The number of nitrogens with zero attached hydrogens (tertiary/aromatic N) is 6. The van der Waals surface area contributed by atoms with E-state index in [2.05, 4.69) is 64.1 Å². The van der Waals surface area contributed by atoms with Crippen molar-refractivity contribution in [1.82, 2.24) is 14.7 Å². The van der Waals surface area contributed by atoms with Crippen molar-refractivity contribution in [2.45, 2.75) is 39.3 Å². The van der Waals surface area contributed by atoms with Gasteiger partial charge in [-0.1, -0.05) is 36.4 Å². The molecule has 2 aromatic rings. The van der Waals surface area contributed by atoms with E-state index in [-0.39, 0.29) is 11.9 Å². The highest BCUT2D eigenvalue weighted by Crippen LogP contribution is 2.26. The van der Waals surface area contributed by atoms with Crippen LogP contribution in [0.4, 0.5) is 5.69 Å². The maximum Gasteiger partial charge on any atom is 0.254 e. The summed E-state index contributed by atoms with van der Waals surface area (Å²) < 4.78 is 0. The lowest BCUT2D eigenvalue weighted by atomic mass is 10.0. The van der Waals surface area contributed by atoms with Crippen LogP contribution in [0.1, 0.15) is 46.8 Å². The molecule has 7 nitrogen and oxygen atoms in total. The van der Waals surface area contributed by atoms with Gasteiger partial charge in [0.2, 0.25) is 0 Å². The van der Waals surface area contributed by atoms with Crippen molar-refractivity contribution in [1.29, 1.82) is 10.5 Å². The van der Waals surface area contributed by atoms with E-state index in [1.165, 1.54) is 0 Å². The van der Waals surface area contributed by atoms with Gasteiger partial charge in [0.15, 0.2) is 0 Å². The highest BCUT2D eigenvalue weighted by molar-refractivity contribution is 5.96. The van der Waals surface area contributed by atoms with Gasteiger partial charge in [-0.25, -0.2) is 0 Å². The first-order valence-corrected chi connectivity index (χ1v) is 13.9. The smallest absolute Gasteiger partial charge is 0.254 e. The molecule has 0 aromatic heterocycles. The van der Waals surface area contributed by atoms with Crippen molar-refractivity contribution in [3.8, 4) is 12.1 Å². The third-order valence-corrected chi connectivity index (χ3v) is 8.15. The third kappa shape index (κ3) is 5.70. The Labute approximate surface area is 231 Å². The first-order valence-electron chi connectivity index (χ1n) is 13.9. The van der Waals surface area contributed by atoms with Gasteiger partial charge in [-0.15, -0.1) is 0 Å². The number of carbonyl (C=O) groups is 1. The van der Waals surface area contributed by atoms with E-state index >= 15 is 0 Å². The Morgan fingerprint density at radius 2 is 1.67 bits per heavy atom. The largest absolute Gasteiger partial charge is 0.368 e. The SMILES string of the molecule is Cc1ccc(CN2CCN(C3=CCCC=C3C#N)CC2)cc1C(=O)N1CCN(c2ccccc2C#N)CC1C. The summed E-state index contributed by atoms with van der Waals surface area (Å²) in [5, 5.41) is 19.0. The molecule has 200 valence electrons. The van der Waals surface area contributed by atoms with Crippen LogP contribution in [0.15, 0.2) is 65.9 Å². The van der Waals surface area contributed by atoms with Crippen LogP contribution >= 0.6 is 0 Å². The molecule has 39 heavy (non-hydrogen) atoms. The van der Waals surface area contributed by atoms with Crippen LogP contribution in [-0.4, -0.2) is 72.5 Å². The molecule has 0 saturated carbocycles. The molecule has 2 saturated heterocycles. The van der Waals surface area contributed by atoms with Crippen LogP contribution < -0.4 is 4.90 Å². The summed E-state index contributed by atoms with van der Waals surface area (Å²) >= 11 is 0. The second-order valence-electron chi connectivity index (χ2n) is 10.7. The van der Waals surface area contributed by atoms with Crippen molar-refractivity contribution in [2.24, 2.45) is 0 Å². The Bertz CT molecular complexity index is 1370. The minimum Gasteiger partial charge on any atom is -0.368 e. The minimum atomic E-state index is 0.0376. The van der Waals surface area contributed by atoms with Gasteiger partial charge >= 0.3 is 0 Å². The predicted molar refractivity (Wildman–Crippen MR) is 153 cm³/mol. The van der Waals surface area contributed by atoms with Gasteiger partial charge in [0.1, 0.15) is 12.1 Å². The predicted octanol–water partition coefficient (Wildman–Crippen LogP) is 4.46. The van der Waals surface area contributed by atoms with E-state index in [9.17, 15) is 15.3 Å². The fourth-order valence-electron chi connectivity index (χ4n) is 5.94. The molecule has 7 heteroatoms. The molecule has 2 fully saturated rings. The Balaban J connectivity index is 1.21. The zero-order valence-corrected chi connectivity index (χ0v) is 22.9. The van der Waals surface area contributed by atoms with E-state index in [0.717, 1.165) is 79.2 Å². The van der Waals surface area contributed by atoms with E-state index < -0.39 is 0 Å². The number of benzene rings is 2. The van der Waals surface area contributed by atoms with Crippen LogP contribution in [0.5, 0.6) is 0 Å². The molecule has 1 amide bonds. The highest BCUT2D eigenvalue weighted by Gasteiger charge is 2.30. The van der Waals surface area contributed by atoms with Crippen molar-refractivity contribution in [3.05, 3.63) is 88.1 Å². The van der Waals surface area contributed by atoms with Crippen molar-refractivity contribution in [2.75, 3.05) is 50.7 Å². The van der Waals surface area contributed by atoms with Crippen LogP contribution in [0.3, 0.4) is 0 Å². The maximum absolute atomic E-state index is 13.7. The van der Waals surface area contributed by atoms with Gasteiger partial charge in [-0.3, -0.25) is 9.69 Å². The molecule has 5 rings (SSSR count). The van der Waals surface area contributed by atoms with Gasteiger partial charge in [0, 0.05) is 64.0 Å². The summed E-state index contributed by atoms with van der Waals surface area (Å²) in [4.78, 5) is 22.7. The maximum atomic E-state index is 13.7. The standard InChI is InChI=1S/C32H36N6O/c1-24-11-12-26(23-35-13-15-36(16-14-35)30-9-5-3-7-27(30)20-33)19-29(24)32(39)38-18-17-37(22-25(38)2)31-10-6-4-8-28(31)21-34/h4,6-12,19,25H,3,5,13-18,22-23H2,1-2H3. The molecule has 1 aliphatic carbocycles. The zero-order chi connectivity index (χ0) is 27.4. The third-order valence-electron chi connectivity index (χ3n) is 8.15. The van der Waals surface area contributed by atoms with Gasteiger partial charge in [0.25, 0.3) is 5.91 Å². The average molecular weight is 521 g/mol. The number of rotatable bonds is 5. The molecule has 0 radical (unpaired) electrons. The van der Waals surface area contributed by atoms with Gasteiger partial charge in [-0.2, -0.15) is 10.5 Å². The summed E-state index contributed by atoms with van der Waals surface area (Å²) in [6.07, 6.45) is 6.21. The van der Waals surface area contributed by atoms with Crippen molar-refractivity contribution in [3.63, 3.8) is 0 Å². The molecule has 2 heterocycles. The lowest BCUT2D eigenvalue weighted by Crippen LogP contribution is -2.54. The highest BCUT2D eigenvalue weighted by atomic mass is 16.2. The number of anilines is 1. The molecule has 2 aliphatic heterocycles. The Morgan fingerprint density at radius 1 is 0.923 bits per heavy atom. The number of hydrogen-bond acceptors (Lipinski definition) is 6. The normalized spacial score (nSPS) is 20.1. The summed E-state index contributed by atoms with van der Waals surface area (Å²) in [5.74, 6) is 0.0833. The summed E-state index contributed by atoms with van der Waals surface area (Å²) in [7, 11) is 0. The number of nitriles is 2. The molecule has 2 aromatic carbocycles. The van der Waals surface area contributed by atoms with Crippen molar-refractivity contribution >= 4 is 11.6 Å². The number of carbonyl (C=O) groups excluding carboxylic acids is 1. The number of allylic oxidation sites excluding steroid dienone is 3. The second kappa shape index (κ2) is 11.8. The van der Waals surface area contributed by atoms with Crippen LogP contribution in [-0.2, 0) is 6.54 Å². The van der Waals surface area contributed by atoms with Crippen molar-refractivity contribution < 1.29 is 4.79 Å². The quantitative estimate of drug-likeness (QED) is 0.579. The van der Waals surface area contributed by atoms with Crippen LogP contribution in [0.2, 0.25) is 0 Å². The number of hydrogen-bond donors (Lipinski definition) is 0. The zero-order valence-electron chi connectivity index (χ0n) is 22.9. The summed E-state index contributed by atoms with van der Waals surface area (Å²) in [5.41, 5.74) is 6.44. The fraction of sp³-hybridized carbons (Fsp3) is 0.406. The van der Waals surface area contributed by atoms with Gasteiger partial charge in [-0.05, 0) is 56.0 Å². The van der Waals surface area contributed by atoms with Crippen LogP contribution in [0.25, 0.3) is 0 Å². The number of amides is 1.